The zero-order valence-corrected chi connectivity index (χ0v) is 13.6. The standard InChI is InChI=1S/C14H11BrClFN2S/c15-12-5-4-9(20-12)6-7-19-11-3-1-2-10(17)14(11)18-13(19)8-16/h1-5H,6-8H2. The van der Waals surface area contributed by atoms with Crippen LogP contribution in [-0.2, 0) is 18.8 Å². The second-order valence-corrected chi connectivity index (χ2v) is 7.19. The maximum atomic E-state index is 13.8. The molecule has 0 unspecified atom stereocenters. The topological polar surface area (TPSA) is 17.8 Å². The Balaban J connectivity index is 1.95. The van der Waals surface area contributed by atoms with E-state index in [0.29, 0.717) is 11.3 Å². The maximum Gasteiger partial charge on any atom is 0.151 e. The molecule has 6 heteroatoms. The number of halogens is 3. The molecule has 3 aromatic rings. The van der Waals surface area contributed by atoms with E-state index < -0.39 is 0 Å². The molecule has 0 bridgehead atoms. The van der Waals surface area contributed by atoms with Crippen LogP contribution in [0.2, 0.25) is 0 Å². The Kier molecular flexibility index (Phi) is 4.10. The summed E-state index contributed by atoms with van der Waals surface area (Å²) in [5.41, 5.74) is 1.20. The number of hydrogen-bond acceptors (Lipinski definition) is 2. The van der Waals surface area contributed by atoms with E-state index in [-0.39, 0.29) is 11.7 Å². The van der Waals surface area contributed by atoms with Crippen molar-refractivity contribution in [2.24, 2.45) is 0 Å². The van der Waals surface area contributed by atoms with E-state index in [1.807, 2.05) is 16.7 Å². The van der Waals surface area contributed by atoms with E-state index in [0.717, 1.165) is 22.3 Å². The molecule has 0 fully saturated rings. The summed E-state index contributed by atoms with van der Waals surface area (Å²) < 4.78 is 16.9. The van der Waals surface area contributed by atoms with Crippen LogP contribution >= 0.6 is 38.9 Å². The van der Waals surface area contributed by atoms with Crippen LogP contribution in [0, 0.1) is 5.82 Å². The number of nitrogens with zero attached hydrogens (tertiary/aromatic N) is 2. The lowest BCUT2D eigenvalue weighted by Gasteiger charge is -2.06. The highest BCUT2D eigenvalue weighted by atomic mass is 79.9. The van der Waals surface area contributed by atoms with Gasteiger partial charge in [0.25, 0.3) is 0 Å². The van der Waals surface area contributed by atoms with E-state index in [1.54, 1.807) is 17.4 Å². The first kappa shape index (κ1) is 14.0. The lowest BCUT2D eigenvalue weighted by atomic mass is 10.3. The summed E-state index contributed by atoms with van der Waals surface area (Å²) in [6.07, 6.45) is 0.877. The minimum atomic E-state index is -0.300. The fourth-order valence-corrected chi connectivity index (χ4v) is 3.90. The molecule has 0 saturated carbocycles. The van der Waals surface area contributed by atoms with Gasteiger partial charge < -0.3 is 4.57 Å². The zero-order valence-electron chi connectivity index (χ0n) is 10.4. The average Bonchev–Trinajstić information content (AvgIpc) is 3.01. The molecule has 2 aromatic heterocycles. The number of para-hydroxylation sites is 1. The van der Waals surface area contributed by atoms with Gasteiger partial charge in [0, 0.05) is 11.4 Å². The van der Waals surface area contributed by atoms with Crippen LogP contribution in [0.4, 0.5) is 4.39 Å². The number of imidazole rings is 1. The van der Waals surface area contributed by atoms with Gasteiger partial charge in [-0.3, -0.25) is 0 Å². The van der Waals surface area contributed by atoms with Crippen molar-refractivity contribution in [1.82, 2.24) is 9.55 Å². The number of thiophene rings is 1. The van der Waals surface area contributed by atoms with Crippen LogP contribution in [0.5, 0.6) is 0 Å². The molecule has 0 aliphatic rings. The Labute approximate surface area is 133 Å². The molecule has 0 atom stereocenters. The van der Waals surface area contributed by atoms with Crippen LogP contribution in [0.15, 0.2) is 34.1 Å². The first-order chi connectivity index (χ1) is 9.69. The monoisotopic (exact) mass is 372 g/mol. The van der Waals surface area contributed by atoms with E-state index in [9.17, 15) is 4.39 Å². The van der Waals surface area contributed by atoms with Crippen LogP contribution in [-0.4, -0.2) is 9.55 Å². The van der Waals surface area contributed by atoms with Gasteiger partial charge in [-0.25, -0.2) is 9.37 Å². The normalized spacial score (nSPS) is 11.3. The molecule has 0 N–H and O–H groups in total. The lowest BCUT2D eigenvalue weighted by molar-refractivity contribution is 0.637. The first-order valence-electron chi connectivity index (χ1n) is 6.13. The second-order valence-electron chi connectivity index (χ2n) is 4.38. The summed E-state index contributed by atoms with van der Waals surface area (Å²) in [6, 6.07) is 9.14. The molecule has 0 aliphatic heterocycles. The molecule has 0 radical (unpaired) electrons. The molecule has 3 rings (SSSR count). The van der Waals surface area contributed by atoms with Crippen molar-refractivity contribution in [2.45, 2.75) is 18.8 Å². The summed E-state index contributed by atoms with van der Waals surface area (Å²) in [5.74, 6) is 0.691. The highest BCUT2D eigenvalue weighted by molar-refractivity contribution is 9.11. The van der Waals surface area contributed by atoms with Gasteiger partial charge in [0.1, 0.15) is 11.3 Å². The minimum absolute atomic E-state index is 0.280. The van der Waals surface area contributed by atoms with Crippen molar-refractivity contribution in [3.63, 3.8) is 0 Å². The van der Waals surface area contributed by atoms with Crippen LogP contribution in [0.1, 0.15) is 10.7 Å². The van der Waals surface area contributed by atoms with Gasteiger partial charge in [-0.2, -0.15) is 0 Å². The molecule has 2 nitrogen and oxygen atoms in total. The molecule has 0 spiro atoms. The van der Waals surface area contributed by atoms with E-state index in [1.165, 1.54) is 10.9 Å². The summed E-state index contributed by atoms with van der Waals surface area (Å²) in [7, 11) is 0. The van der Waals surface area contributed by atoms with Gasteiger partial charge in [-0.05, 0) is 46.6 Å². The summed E-state index contributed by atoms with van der Waals surface area (Å²) >= 11 is 11.1. The van der Waals surface area contributed by atoms with E-state index in [2.05, 4.69) is 27.0 Å². The smallest absolute Gasteiger partial charge is 0.151 e. The molecular weight excluding hydrogens is 363 g/mol. The number of fused-ring (bicyclic) bond motifs is 1. The summed E-state index contributed by atoms with van der Waals surface area (Å²) in [6.45, 7) is 0.745. The van der Waals surface area contributed by atoms with Crippen molar-refractivity contribution < 1.29 is 4.39 Å². The van der Waals surface area contributed by atoms with Crippen molar-refractivity contribution in [1.29, 1.82) is 0 Å². The molecule has 104 valence electrons. The quantitative estimate of drug-likeness (QED) is 0.590. The fourth-order valence-electron chi connectivity index (χ4n) is 2.22. The van der Waals surface area contributed by atoms with Crippen LogP contribution in [0.3, 0.4) is 0 Å². The Hall–Kier alpha value is -0.910. The number of rotatable bonds is 4. The Morgan fingerprint density at radius 1 is 1.30 bits per heavy atom. The molecule has 1 aromatic carbocycles. The van der Waals surface area contributed by atoms with Gasteiger partial charge in [0.2, 0.25) is 0 Å². The van der Waals surface area contributed by atoms with Crippen LogP contribution in [0.25, 0.3) is 11.0 Å². The largest absolute Gasteiger partial charge is 0.327 e. The number of aryl methyl sites for hydroxylation is 2. The fraction of sp³-hybridized carbons (Fsp3) is 0.214. The highest BCUT2D eigenvalue weighted by Crippen LogP contribution is 2.25. The number of hydrogen-bond donors (Lipinski definition) is 0. The van der Waals surface area contributed by atoms with Gasteiger partial charge >= 0.3 is 0 Å². The molecule has 20 heavy (non-hydrogen) atoms. The lowest BCUT2D eigenvalue weighted by Crippen LogP contribution is -2.04. The molecule has 0 amide bonds. The third-order valence-electron chi connectivity index (χ3n) is 3.14. The predicted octanol–water partition coefficient (Wildman–Crippen LogP) is 4.98. The van der Waals surface area contributed by atoms with Crippen molar-refractivity contribution in [2.75, 3.05) is 0 Å². The van der Waals surface area contributed by atoms with E-state index in [4.69, 9.17) is 11.6 Å². The molecule has 2 heterocycles. The van der Waals surface area contributed by atoms with Gasteiger partial charge in [-0.1, -0.05) is 6.07 Å². The van der Waals surface area contributed by atoms with Gasteiger partial charge in [0.05, 0.1) is 15.2 Å². The van der Waals surface area contributed by atoms with Gasteiger partial charge in [0.15, 0.2) is 5.82 Å². The molecular formula is C14H11BrClFN2S. The van der Waals surface area contributed by atoms with E-state index >= 15 is 0 Å². The molecule has 0 saturated heterocycles. The Bertz CT molecular complexity index is 753. The maximum absolute atomic E-state index is 13.8. The zero-order chi connectivity index (χ0) is 14.1. The van der Waals surface area contributed by atoms with Crippen molar-refractivity contribution >= 4 is 49.9 Å². The Morgan fingerprint density at radius 2 is 2.15 bits per heavy atom. The number of benzene rings is 1. The first-order valence-corrected chi connectivity index (χ1v) is 8.27. The predicted molar refractivity (Wildman–Crippen MR) is 85.0 cm³/mol. The SMILES string of the molecule is Fc1cccc2c1nc(CCl)n2CCc1ccc(Br)s1. The van der Waals surface area contributed by atoms with Crippen LogP contribution < -0.4 is 0 Å². The number of alkyl halides is 1. The Morgan fingerprint density at radius 3 is 2.85 bits per heavy atom. The highest BCUT2D eigenvalue weighted by Gasteiger charge is 2.13. The van der Waals surface area contributed by atoms with Crippen molar-refractivity contribution in [3.05, 3.63) is 50.6 Å². The third kappa shape index (κ3) is 2.62. The van der Waals surface area contributed by atoms with Crippen molar-refractivity contribution in [3.8, 4) is 0 Å². The minimum Gasteiger partial charge on any atom is -0.327 e. The average molecular weight is 374 g/mol. The third-order valence-corrected chi connectivity index (χ3v) is 5.06. The summed E-state index contributed by atoms with van der Waals surface area (Å²) in [4.78, 5) is 5.57. The molecule has 0 aliphatic carbocycles. The summed E-state index contributed by atoms with van der Waals surface area (Å²) in [5, 5.41) is 0. The van der Waals surface area contributed by atoms with Gasteiger partial charge in [-0.15, -0.1) is 22.9 Å². The second kappa shape index (κ2) is 5.84. The number of aromatic nitrogens is 2.